The Morgan fingerprint density at radius 2 is 1.78 bits per heavy atom. The summed E-state index contributed by atoms with van der Waals surface area (Å²) in [5.41, 5.74) is 1.39. The molecule has 0 aliphatic rings. The van der Waals surface area contributed by atoms with Gasteiger partial charge in [0.05, 0.1) is 12.7 Å². The molecule has 1 N–H and O–H groups in total. The zero-order valence-electron chi connectivity index (χ0n) is 17.4. The molecule has 2 aromatic carbocycles. The van der Waals surface area contributed by atoms with Crippen LogP contribution in [0.5, 0.6) is 17.4 Å². The Balaban J connectivity index is 1.37. The number of carbonyl (C=O) groups excluding carboxylic acids is 1. The number of hydrogen-bond donors (Lipinski definition) is 1. The van der Waals surface area contributed by atoms with Gasteiger partial charge in [-0.1, -0.05) is 42.1 Å². The van der Waals surface area contributed by atoms with Crippen LogP contribution in [-0.2, 0) is 6.54 Å². The second kappa shape index (κ2) is 10.5. The van der Waals surface area contributed by atoms with Crippen molar-refractivity contribution in [3.8, 4) is 17.4 Å². The maximum absolute atomic E-state index is 12.8. The lowest BCUT2D eigenvalue weighted by atomic mass is 10.2. The number of ether oxygens (including phenoxy) is 2. The Labute approximate surface area is 190 Å². The van der Waals surface area contributed by atoms with Crippen molar-refractivity contribution in [2.24, 2.45) is 0 Å². The molecular weight excluding hydrogens is 422 g/mol. The molecule has 0 unspecified atom stereocenters. The van der Waals surface area contributed by atoms with Gasteiger partial charge in [-0.05, 0) is 42.0 Å². The third-order valence-corrected chi connectivity index (χ3v) is 5.51. The van der Waals surface area contributed by atoms with Crippen LogP contribution < -0.4 is 14.8 Å². The molecule has 0 spiro atoms. The van der Waals surface area contributed by atoms with Crippen LogP contribution in [0.4, 0.5) is 0 Å². The van der Waals surface area contributed by atoms with Crippen LogP contribution in [0.15, 0.2) is 101 Å². The number of hydrogen-bond acceptors (Lipinski definition) is 6. The first-order valence-electron chi connectivity index (χ1n) is 9.94. The van der Waals surface area contributed by atoms with E-state index in [4.69, 9.17) is 9.47 Å². The predicted molar refractivity (Wildman–Crippen MR) is 123 cm³/mol. The van der Waals surface area contributed by atoms with Crippen LogP contribution in [0.25, 0.3) is 0 Å². The zero-order valence-corrected chi connectivity index (χ0v) is 18.2. The smallest absolute Gasteiger partial charge is 0.254 e. The molecule has 1 amide bonds. The van der Waals surface area contributed by atoms with Crippen LogP contribution in [0.3, 0.4) is 0 Å². The quantitative estimate of drug-likeness (QED) is 0.395. The van der Waals surface area contributed by atoms with Crippen LogP contribution in [-0.4, -0.2) is 23.0 Å². The zero-order chi connectivity index (χ0) is 22.2. The standard InChI is InChI=1S/C25H21N3O3S/c1-30-19-7-5-8-20(15-19)31-23-13-12-18(16-27-23)17-28-24(29)22-11-6-14-26-25(22)32-21-9-3-2-4-10-21/h2-16H,17H2,1H3,(H,28,29). The highest BCUT2D eigenvalue weighted by Gasteiger charge is 2.13. The minimum Gasteiger partial charge on any atom is -0.497 e. The maximum atomic E-state index is 12.8. The van der Waals surface area contributed by atoms with Gasteiger partial charge >= 0.3 is 0 Å². The second-order valence-electron chi connectivity index (χ2n) is 6.74. The SMILES string of the molecule is COc1cccc(Oc2ccc(CNC(=O)c3cccnc3Sc3ccccc3)cn2)c1. The number of methoxy groups -OCH3 is 1. The third kappa shape index (κ3) is 5.65. The Morgan fingerprint density at radius 1 is 0.938 bits per heavy atom. The minimum absolute atomic E-state index is 0.187. The highest BCUT2D eigenvalue weighted by Crippen LogP contribution is 2.28. The molecule has 2 aromatic heterocycles. The lowest BCUT2D eigenvalue weighted by Crippen LogP contribution is -2.23. The number of pyridine rings is 2. The van der Waals surface area contributed by atoms with Crippen LogP contribution >= 0.6 is 11.8 Å². The Bertz CT molecular complexity index is 1180. The van der Waals surface area contributed by atoms with E-state index in [1.54, 1.807) is 43.8 Å². The van der Waals surface area contributed by atoms with E-state index in [0.717, 1.165) is 10.5 Å². The Kier molecular flexibility index (Phi) is 6.99. The van der Waals surface area contributed by atoms with Crippen molar-refractivity contribution in [3.63, 3.8) is 0 Å². The monoisotopic (exact) mass is 443 g/mol. The summed E-state index contributed by atoms with van der Waals surface area (Å²) in [5.74, 6) is 1.62. The average molecular weight is 444 g/mol. The molecule has 32 heavy (non-hydrogen) atoms. The molecule has 7 heteroatoms. The molecular formula is C25H21N3O3S. The van der Waals surface area contributed by atoms with Gasteiger partial charge in [0.2, 0.25) is 5.88 Å². The van der Waals surface area contributed by atoms with Crippen molar-refractivity contribution in [2.45, 2.75) is 16.5 Å². The van der Waals surface area contributed by atoms with Gasteiger partial charge in [-0.2, -0.15) is 0 Å². The van der Waals surface area contributed by atoms with Crippen molar-refractivity contribution in [1.82, 2.24) is 15.3 Å². The van der Waals surface area contributed by atoms with Gasteiger partial charge in [-0.3, -0.25) is 4.79 Å². The summed E-state index contributed by atoms with van der Waals surface area (Å²) in [6, 6.07) is 24.3. The molecule has 160 valence electrons. The fraction of sp³-hybridized carbons (Fsp3) is 0.0800. The van der Waals surface area contributed by atoms with E-state index < -0.39 is 0 Å². The van der Waals surface area contributed by atoms with Gasteiger partial charge in [-0.25, -0.2) is 9.97 Å². The molecule has 0 saturated heterocycles. The fourth-order valence-corrected chi connectivity index (χ4v) is 3.78. The topological polar surface area (TPSA) is 73.3 Å². The summed E-state index contributed by atoms with van der Waals surface area (Å²) in [4.78, 5) is 22.5. The summed E-state index contributed by atoms with van der Waals surface area (Å²) in [6.07, 6.45) is 3.37. The predicted octanol–water partition coefficient (Wildman–Crippen LogP) is 5.36. The Hall–Kier alpha value is -3.84. The number of benzene rings is 2. The van der Waals surface area contributed by atoms with Crippen molar-refractivity contribution in [3.05, 3.63) is 102 Å². The molecule has 0 bridgehead atoms. The van der Waals surface area contributed by atoms with E-state index in [2.05, 4.69) is 15.3 Å². The minimum atomic E-state index is -0.187. The van der Waals surface area contributed by atoms with Gasteiger partial charge in [0, 0.05) is 36.0 Å². The van der Waals surface area contributed by atoms with E-state index in [1.807, 2.05) is 54.6 Å². The average Bonchev–Trinajstić information content (AvgIpc) is 2.84. The molecule has 2 heterocycles. The lowest BCUT2D eigenvalue weighted by Gasteiger charge is -2.10. The number of nitrogens with one attached hydrogen (secondary N) is 1. The number of nitrogens with zero attached hydrogens (tertiary/aromatic N) is 2. The molecule has 0 atom stereocenters. The van der Waals surface area contributed by atoms with Crippen molar-refractivity contribution in [2.75, 3.05) is 7.11 Å². The molecule has 0 radical (unpaired) electrons. The fourth-order valence-electron chi connectivity index (χ4n) is 2.88. The molecule has 0 fully saturated rings. The number of amides is 1. The van der Waals surface area contributed by atoms with Crippen LogP contribution in [0.1, 0.15) is 15.9 Å². The van der Waals surface area contributed by atoms with Gasteiger partial charge in [-0.15, -0.1) is 0 Å². The number of aromatic nitrogens is 2. The van der Waals surface area contributed by atoms with Crippen molar-refractivity contribution in [1.29, 1.82) is 0 Å². The summed E-state index contributed by atoms with van der Waals surface area (Å²) in [5, 5.41) is 3.60. The first-order chi connectivity index (χ1) is 15.7. The van der Waals surface area contributed by atoms with E-state index in [9.17, 15) is 4.79 Å². The van der Waals surface area contributed by atoms with Gasteiger partial charge in [0.1, 0.15) is 16.5 Å². The first kappa shape index (κ1) is 21.4. The van der Waals surface area contributed by atoms with Crippen LogP contribution in [0, 0.1) is 0 Å². The molecule has 4 aromatic rings. The summed E-state index contributed by atoms with van der Waals surface area (Å²) >= 11 is 1.46. The maximum Gasteiger partial charge on any atom is 0.254 e. The van der Waals surface area contributed by atoms with Gasteiger partial charge in [0.25, 0.3) is 5.91 Å². The second-order valence-corrected chi connectivity index (χ2v) is 7.80. The molecule has 0 saturated carbocycles. The van der Waals surface area contributed by atoms with Gasteiger partial charge in [0.15, 0.2) is 0 Å². The van der Waals surface area contributed by atoms with E-state index in [1.165, 1.54) is 11.8 Å². The third-order valence-electron chi connectivity index (χ3n) is 4.49. The molecule has 0 aliphatic carbocycles. The van der Waals surface area contributed by atoms with Gasteiger partial charge < -0.3 is 14.8 Å². The molecule has 6 nitrogen and oxygen atoms in total. The van der Waals surface area contributed by atoms with Crippen molar-refractivity contribution >= 4 is 17.7 Å². The number of rotatable bonds is 8. The highest BCUT2D eigenvalue weighted by atomic mass is 32.2. The summed E-state index contributed by atoms with van der Waals surface area (Å²) < 4.78 is 11.0. The van der Waals surface area contributed by atoms with Crippen molar-refractivity contribution < 1.29 is 14.3 Å². The van der Waals surface area contributed by atoms with Crippen LogP contribution in [0.2, 0.25) is 0 Å². The summed E-state index contributed by atoms with van der Waals surface area (Å²) in [7, 11) is 1.61. The normalized spacial score (nSPS) is 10.4. The number of carbonyl (C=O) groups is 1. The lowest BCUT2D eigenvalue weighted by molar-refractivity contribution is 0.0947. The first-order valence-corrected chi connectivity index (χ1v) is 10.8. The summed E-state index contributed by atoms with van der Waals surface area (Å²) in [6.45, 7) is 0.343. The van der Waals surface area contributed by atoms with E-state index >= 15 is 0 Å². The molecule has 4 rings (SSSR count). The van der Waals surface area contributed by atoms with E-state index in [-0.39, 0.29) is 5.91 Å². The molecule has 0 aliphatic heterocycles. The largest absolute Gasteiger partial charge is 0.497 e. The Morgan fingerprint density at radius 3 is 2.56 bits per heavy atom. The van der Waals surface area contributed by atoms with E-state index in [0.29, 0.717) is 34.5 Å². The highest BCUT2D eigenvalue weighted by molar-refractivity contribution is 7.99.